The first-order valence-electron chi connectivity index (χ1n) is 8.34. The van der Waals surface area contributed by atoms with Crippen molar-refractivity contribution in [2.24, 2.45) is 0 Å². The SMILES string of the molecule is Cc1cccc(COc2ccc3c(c2)[C@@H]2CCN[C@]2(C)CO3)c1. The fourth-order valence-corrected chi connectivity index (χ4v) is 3.81. The molecule has 0 amide bonds. The lowest BCUT2D eigenvalue weighted by Crippen LogP contribution is -2.48. The third-order valence-electron chi connectivity index (χ3n) is 5.10. The Kier molecular flexibility index (Phi) is 3.53. The summed E-state index contributed by atoms with van der Waals surface area (Å²) < 4.78 is 12.0. The number of aryl methyl sites for hydroxylation is 1. The van der Waals surface area contributed by atoms with E-state index >= 15 is 0 Å². The molecule has 2 aliphatic heterocycles. The van der Waals surface area contributed by atoms with E-state index < -0.39 is 0 Å². The highest BCUT2D eigenvalue weighted by Crippen LogP contribution is 2.45. The van der Waals surface area contributed by atoms with Crippen LogP contribution in [-0.4, -0.2) is 18.7 Å². The Balaban J connectivity index is 1.55. The van der Waals surface area contributed by atoms with Gasteiger partial charge in [0, 0.05) is 11.5 Å². The van der Waals surface area contributed by atoms with Crippen molar-refractivity contribution < 1.29 is 9.47 Å². The van der Waals surface area contributed by atoms with Crippen molar-refractivity contribution in [3.05, 3.63) is 59.2 Å². The van der Waals surface area contributed by atoms with Gasteiger partial charge in [-0.2, -0.15) is 0 Å². The van der Waals surface area contributed by atoms with Crippen LogP contribution < -0.4 is 14.8 Å². The standard InChI is InChI=1S/C20H23NO2/c1-14-4-3-5-15(10-14)12-22-16-6-7-19-17(11-16)18-8-9-21-20(18,2)13-23-19/h3-7,10-11,18,21H,8-9,12-13H2,1-2H3/t18-,20+/m0/s1. The smallest absolute Gasteiger partial charge is 0.123 e. The summed E-state index contributed by atoms with van der Waals surface area (Å²) >= 11 is 0. The lowest BCUT2D eigenvalue weighted by atomic mass is 9.80. The Morgan fingerprint density at radius 1 is 1.26 bits per heavy atom. The average molecular weight is 309 g/mol. The number of nitrogens with one attached hydrogen (secondary N) is 1. The zero-order chi connectivity index (χ0) is 15.9. The molecule has 2 aromatic rings. The summed E-state index contributed by atoms with van der Waals surface area (Å²) in [6.07, 6.45) is 1.16. The molecule has 0 unspecified atom stereocenters. The summed E-state index contributed by atoms with van der Waals surface area (Å²) in [6, 6.07) is 14.7. The zero-order valence-corrected chi connectivity index (χ0v) is 13.8. The highest BCUT2D eigenvalue weighted by Gasteiger charge is 2.44. The minimum absolute atomic E-state index is 0.0577. The average Bonchev–Trinajstić information content (AvgIpc) is 2.95. The molecule has 0 radical (unpaired) electrons. The first-order chi connectivity index (χ1) is 11.1. The van der Waals surface area contributed by atoms with Gasteiger partial charge in [0.05, 0.1) is 5.54 Å². The minimum Gasteiger partial charge on any atom is -0.491 e. The van der Waals surface area contributed by atoms with Crippen LogP contribution in [-0.2, 0) is 6.61 Å². The Hall–Kier alpha value is -2.00. The van der Waals surface area contributed by atoms with Gasteiger partial charge in [-0.1, -0.05) is 29.8 Å². The molecule has 3 heteroatoms. The summed E-state index contributed by atoms with van der Waals surface area (Å²) in [7, 11) is 0. The first-order valence-corrected chi connectivity index (χ1v) is 8.34. The van der Waals surface area contributed by atoms with Gasteiger partial charge in [-0.3, -0.25) is 0 Å². The van der Waals surface area contributed by atoms with Crippen LogP contribution in [0.2, 0.25) is 0 Å². The molecule has 4 rings (SSSR count). The number of fused-ring (bicyclic) bond motifs is 3. The van der Waals surface area contributed by atoms with E-state index in [1.54, 1.807) is 0 Å². The second-order valence-corrected chi connectivity index (χ2v) is 6.95. The Morgan fingerprint density at radius 2 is 2.17 bits per heavy atom. The normalized spacial score (nSPS) is 25.4. The Morgan fingerprint density at radius 3 is 3.04 bits per heavy atom. The van der Waals surface area contributed by atoms with E-state index in [2.05, 4.69) is 55.6 Å². The Labute approximate surface area is 137 Å². The molecule has 2 heterocycles. The van der Waals surface area contributed by atoms with Gasteiger partial charge in [0.2, 0.25) is 0 Å². The van der Waals surface area contributed by atoms with E-state index in [0.717, 1.165) is 31.1 Å². The third-order valence-corrected chi connectivity index (χ3v) is 5.10. The maximum Gasteiger partial charge on any atom is 0.123 e. The fraction of sp³-hybridized carbons (Fsp3) is 0.400. The molecular formula is C20H23NO2. The van der Waals surface area contributed by atoms with Crippen molar-refractivity contribution >= 4 is 0 Å². The molecule has 1 N–H and O–H groups in total. The van der Waals surface area contributed by atoms with Crippen LogP contribution in [0.15, 0.2) is 42.5 Å². The Bertz CT molecular complexity index is 727. The number of hydrogen-bond donors (Lipinski definition) is 1. The van der Waals surface area contributed by atoms with Crippen LogP contribution in [0.5, 0.6) is 11.5 Å². The highest BCUT2D eigenvalue weighted by molar-refractivity contribution is 5.46. The number of benzene rings is 2. The molecule has 0 bridgehead atoms. The molecule has 3 nitrogen and oxygen atoms in total. The fourth-order valence-electron chi connectivity index (χ4n) is 3.81. The molecule has 0 aliphatic carbocycles. The van der Waals surface area contributed by atoms with Gasteiger partial charge in [-0.05, 0) is 50.6 Å². The highest BCUT2D eigenvalue weighted by atomic mass is 16.5. The van der Waals surface area contributed by atoms with Crippen molar-refractivity contribution in [1.29, 1.82) is 0 Å². The van der Waals surface area contributed by atoms with Gasteiger partial charge in [0.15, 0.2) is 0 Å². The molecule has 0 spiro atoms. The van der Waals surface area contributed by atoms with E-state index in [1.165, 1.54) is 16.7 Å². The molecule has 23 heavy (non-hydrogen) atoms. The van der Waals surface area contributed by atoms with Crippen molar-refractivity contribution in [1.82, 2.24) is 5.32 Å². The third kappa shape index (κ3) is 2.70. The van der Waals surface area contributed by atoms with E-state index in [-0.39, 0.29) is 5.54 Å². The molecule has 2 aliphatic rings. The summed E-state index contributed by atoms with van der Waals surface area (Å²) in [5, 5.41) is 3.59. The molecule has 0 saturated carbocycles. The molecular weight excluding hydrogens is 286 g/mol. The monoisotopic (exact) mass is 309 g/mol. The van der Waals surface area contributed by atoms with Crippen LogP contribution in [0, 0.1) is 6.92 Å². The van der Waals surface area contributed by atoms with Crippen LogP contribution in [0.3, 0.4) is 0 Å². The maximum absolute atomic E-state index is 6.02. The van der Waals surface area contributed by atoms with E-state index in [0.29, 0.717) is 12.5 Å². The molecule has 120 valence electrons. The molecule has 1 fully saturated rings. The topological polar surface area (TPSA) is 30.5 Å². The van der Waals surface area contributed by atoms with Gasteiger partial charge in [0.25, 0.3) is 0 Å². The molecule has 0 aromatic heterocycles. The lowest BCUT2D eigenvalue weighted by molar-refractivity contribution is 0.170. The van der Waals surface area contributed by atoms with Gasteiger partial charge in [-0.15, -0.1) is 0 Å². The quantitative estimate of drug-likeness (QED) is 0.935. The van der Waals surface area contributed by atoms with Gasteiger partial charge in [0.1, 0.15) is 24.7 Å². The van der Waals surface area contributed by atoms with Crippen LogP contribution in [0.4, 0.5) is 0 Å². The van der Waals surface area contributed by atoms with Crippen molar-refractivity contribution in [3.8, 4) is 11.5 Å². The van der Waals surface area contributed by atoms with Crippen LogP contribution in [0.1, 0.15) is 36.0 Å². The largest absolute Gasteiger partial charge is 0.491 e. The second kappa shape index (κ2) is 5.57. The number of hydrogen-bond acceptors (Lipinski definition) is 3. The van der Waals surface area contributed by atoms with E-state index in [9.17, 15) is 0 Å². The van der Waals surface area contributed by atoms with Gasteiger partial charge >= 0.3 is 0 Å². The first kappa shape index (κ1) is 14.6. The van der Waals surface area contributed by atoms with Crippen LogP contribution >= 0.6 is 0 Å². The van der Waals surface area contributed by atoms with Crippen molar-refractivity contribution in [3.63, 3.8) is 0 Å². The zero-order valence-electron chi connectivity index (χ0n) is 13.8. The number of rotatable bonds is 3. The molecule has 2 aromatic carbocycles. The van der Waals surface area contributed by atoms with E-state index in [4.69, 9.17) is 9.47 Å². The summed E-state index contributed by atoms with van der Waals surface area (Å²) in [5.74, 6) is 2.44. The maximum atomic E-state index is 6.02. The summed E-state index contributed by atoms with van der Waals surface area (Å²) in [4.78, 5) is 0. The van der Waals surface area contributed by atoms with Crippen molar-refractivity contribution in [2.45, 2.75) is 38.3 Å². The number of ether oxygens (including phenoxy) is 2. The predicted octanol–water partition coefficient (Wildman–Crippen LogP) is 3.80. The van der Waals surface area contributed by atoms with Crippen molar-refractivity contribution in [2.75, 3.05) is 13.2 Å². The van der Waals surface area contributed by atoms with E-state index in [1.807, 2.05) is 6.07 Å². The lowest BCUT2D eigenvalue weighted by Gasteiger charge is -2.37. The predicted molar refractivity (Wildman–Crippen MR) is 91.2 cm³/mol. The minimum atomic E-state index is 0.0577. The summed E-state index contributed by atoms with van der Waals surface area (Å²) in [6.45, 7) is 6.76. The van der Waals surface area contributed by atoms with Gasteiger partial charge in [-0.25, -0.2) is 0 Å². The molecule has 1 saturated heterocycles. The summed E-state index contributed by atoms with van der Waals surface area (Å²) in [5.41, 5.74) is 3.80. The second-order valence-electron chi connectivity index (χ2n) is 6.95. The van der Waals surface area contributed by atoms with Crippen LogP contribution in [0.25, 0.3) is 0 Å². The van der Waals surface area contributed by atoms with Gasteiger partial charge < -0.3 is 14.8 Å². The molecule has 2 atom stereocenters.